The highest BCUT2D eigenvalue weighted by molar-refractivity contribution is 6.09. The van der Waals surface area contributed by atoms with Gasteiger partial charge in [-0.2, -0.15) is 0 Å². The number of phenolic OH excluding ortho intramolecular Hbond substituents is 1. The maximum Gasteiger partial charge on any atom is 0.259 e. The van der Waals surface area contributed by atoms with Crippen molar-refractivity contribution in [2.75, 3.05) is 5.32 Å². The van der Waals surface area contributed by atoms with Crippen LogP contribution in [0.25, 0.3) is 32.3 Å². The second-order valence-electron chi connectivity index (χ2n) is 6.93. The largest absolute Gasteiger partial charge is 0.507 e. The summed E-state index contributed by atoms with van der Waals surface area (Å²) < 4.78 is 0. The number of anilines is 1. The summed E-state index contributed by atoms with van der Waals surface area (Å²) in [4.78, 5) is 12.8. The van der Waals surface area contributed by atoms with Gasteiger partial charge in [-0.1, -0.05) is 54.6 Å². The van der Waals surface area contributed by atoms with Crippen molar-refractivity contribution in [3.05, 3.63) is 96.6 Å². The smallest absolute Gasteiger partial charge is 0.259 e. The molecular formula is C25H17NO2. The Kier molecular flexibility index (Phi) is 3.73. The SMILES string of the molecule is O=C(Nc1ccc2cc3ccccc3cc2c1)c1cc2ccccc2cc1O. The third-order valence-corrected chi connectivity index (χ3v) is 5.07. The molecule has 0 fully saturated rings. The van der Waals surface area contributed by atoms with Gasteiger partial charge in [0.15, 0.2) is 0 Å². The number of rotatable bonds is 2. The minimum Gasteiger partial charge on any atom is -0.507 e. The Morgan fingerprint density at radius 1 is 0.607 bits per heavy atom. The van der Waals surface area contributed by atoms with Crippen molar-refractivity contribution in [1.82, 2.24) is 0 Å². The molecule has 3 nitrogen and oxygen atoms in total. The summed E-state index contributed by atoms with van der Waals surface area (Å²) in [5, 5.41) is 19.5. The number of nitrogens with one attached hydrogen (secondary N) is 1. The fourth-order valence-electron chi connectivity index (χ4n) is 3.63. The number of hydrogen-bond acceptors (Lipinski definition) is 2. The van der Waals surface area contributed by atoms with Crippen LogP contribution in [0.2, 0.25) is 0 Å². The van der Waals surface area contributed by atoms with Crippen LogP contribution in [-0.4, -0.2) is 11.0 Å². The van der Waals surface area contributed by atoms with E-state index in [4.69, 9.17) is 0 Å². The summed E-state index contributed by atoms with van der Waals surface area (Å²) in [5.74, 6) is -0.355. The Labute approximate surface area is 161 Å². The van der Waals surface area contributed by atoms with Gasteiger partial charge >= 0.3 is 0 Å². The standard InChI is InChI=1S/C25H17NO2/c27-24-15-19-8-4-3-7-18(19)14-23(24)25(28)26-22-10-9-20-11-16-5-1-2-6-17(16)12-21(20)13-22/h1-15,27H,(H,26,28). The van der Waals surface area contributed by atoms with Crippen LogP contribution in [0, 0.1) is 0 Å². The lowest BCUT2D eigenvalue weighted by molar-refractivity contribution is 0.102. The highest BCUT2D eigenvalue weighted by Crippen LogP contribution is 2.28. The van der Waals surface area contributed by atoms with Crippen LogP contribution in [0.1, 0.15) is 10.4 Å². The van der Waals surface area contributed by atoms with E-state index in [0.29, 0.717) is 5.69 Å². The average molecular weight is 363 g/mol. The Bertz CT molecular complexity index is 1370. The Balaban J connectivity index is 1.51. The van der Waals surface area contributed by atoms with Crippen LogP contribution in [0.3, 0.4) is 0 Å². The molecule has 0 saturated heterocycles. The molecule has 5 aromatic carbocycles. The molecule has 1 amide bonds. The van der Waals surface area contributed by atoms with Gasteiger partial charge in [0.25, 0.3) is 5.91 Å². The fourth-order valence-corrected chi connectivity index (χ4v) is 3.63. The van der Waals surface area contributed by atoms with Crippen LogP contribution < -0.4 is 5.32 Å². The van der Waals surface area contributed by atoms with Gasteiger partial charge in [0.05, 0.1) is 5.56 Å². The van der Waals surface area contributed by atoms with E-state index >= 15 is 0 Å². The van der Waals surface area contributed by atoms with Crippen LogP contribution in [-0.2, 0) is 0 Å². The van der Waals surface area contributed by atoms with Crippen LogP contribution in [0.5, 0.6) is 5.75 Å². The number of amides is 1. The summed E-state index contributed by atoms with van der Waals surface area (Å²) >= 11 is 0. The topological polar surface area (TPSA) is 49.3 Å². The first-order valence-corrected chi connectivity index (χ1v) is 9.13. The number of hydrogen-bond donors (Lipinski definition) is 2. The van der Waals surface area contributed by atoms with E-state index < -0.39 is 0 Å². The van der Waals surface area contributed by atoms with E-state index in [0.717, 1.165) is 26.9 Å². The molecule has 0 saturated carbocycles. The Morgan fingerprint density at radius 2 is 1.14 bits per heavy atom. The molecule has 0 atom stereocenters. The first-order valence-electron chi connectivity index (χ1n) is 9.13. The second-order valence-corrected chi connectivity index (χ2v) is 6.93. The molecule has 0 heterocycles. The highest BCUT2D eigenvalue weighted by Gasteiger charge is 2.13. The molecule has 5 aromatic rings. The zero-order valence-electron chi connectivity index (χ0n) is 15.0. The Morgan fingerprint density at radius 3 is 1.82 bits per heavy atom. The van der Waals surface area contributed by atoms with Crippen molar-refractivity contribution in [3.63, 3.8) is 0 Å². The van der Waals surface area contributed by atoms with E-state index in [9.17, 15) is 9.90 Å². The van der Waals surface area contributed by atoms with E-state index in [2.05, 4.69) is 29.6 Å². The quantitative estimate of drug-likeness (QED) is 0.372. The average Bonchev–Trinajstić information content (AvgIpc) is 2.71. The van der Waals surface area contributed by atoms with E-state index in [1.54, 1.807) is 12.1 Å². The maximum absolute atomic E-state index is 12.8. The molecule has 0 aromatic heterocycles. The van der Waals surface area contributed by atoms with Gasteiger partial charge in [-0.25, -0.2) is 0 Å². The first kappa shape index (κ1) is 16.3. The predicted molar refractivity (Wildman–Crippen MR) is 115 cm³/mol. The van der Waals surface area contributed by atoms with Crippen molar-refractivity contribution in [2.24, 2.45) is 0 Å². The third kappa shape index (κ3) is 2.83. The molecule has 134 valence electrons. The lowest BCUT2D eigenvalue weighted by atomic mass is 10.0. The highest BCUT2D eigenvalue weighted by atomic mass is 16.3. The molecule has 0 aliphatic carbocycles. The summed E-state index contributed by atoms with van der Waals surface area (Å²) in [6.45, 7) is 0. The van der Waals surface area contributed by atoms with E-state index in [1.807, 2.05) is 54.6 Å². The number of carbonyl (C=O) groups excluding carboxylic acids is 1. The minimum atomic E-state index is -0.330. The predicted octanol–water partition coefficient (Wildman–Crippen LogP) is 6.10. The number of phenols is 1. The number of benzene rings is 5. The Hall–Kier alpha value is -3.85. The van der Waals surface area contributed by atoms with E-state index in [-0.39, 0.29) is 17.2 Å². The molecular weight excluding hydrogens is 346 g/mol. The first-order chi connectivity index (χ1) is 13.7. The molecule has 3 heteroatoms. The molecule has 0 unspecified atom stereocenters. The van der Waals surface area contributed by atoms with Crippen molar-refractivity contribution < 1.29 is 9.90 Å². The maximum atomic E-state index is 12.8. The lowest BCUT2D eigenvalue weighted by Gasteiger charge is -2.10. The van der Waals surface area contributed by atoms with Gasteiger partial charge in [0.2, 0.25) is 0 Å². The van der Waals surface area contributed by atoms with Gasteiger partial charge in [-0.3, -0.25) is 4.79 Å². The van der Waals surface area contributed by atoms with Crippen LogP contribution in [0.4, 0.5) is 5.69 Å². The van der Waals surface area contributed by atoms with Gasteiger partial charge in [-0.05, 0) is 68.7 Å². The monoisotopic (exact) mass is 363 g/mol. The normalized spacial score (nSPS) is 11.1. The summed E-state index contributed by atoms with van der Waals surface area (Å²) in [6, 6.07) is 29.3. The summed E-state index contributed by atoms with van der Waals surface area (Å²) in [5.41, 5.74) is 0.956. The summed E-state index contributed by atoms with van der Waals surface area (Å²) in [7, 11) is 0. The van der Waals surface area contributed by atoms with Gasteiger partial charge in [-0.15, -0.1) is 0 Å². The number of fused-ring (bicyclic) bond motifs is 3. The minimum absolute atomic E-state index is 0.0250. The summed E-state index contributed by atoms with van der Waals surface area (Å²) in [6.07, 6.45) is 0. The molecule has 0 bridgehead atoms. The van der Waals surface area contributed by atoms with Gasteiger partial charge in [0.1, 0.15) is 5.75 Å². The number of carbonyl (C=O) groups is 1. The molecule has 28 heavy (non-hydrogen) atoms. The van der Waals surface area contributed by atoms with Crippen molar-refractivity contribution in [3.8, 4) is 5.75 Å². The molecule has 2 N–H and O–H groups in total. The molecule has 0 spiro atoms. The van der Waals surface area contributed by atoms with Crippen molar-refractivity contribution in [2.45, 2.75) is 0 Å². The number of aromatic hydroxyl groups is 1. The van der Waals surface area contributed by atoms with Gasteiger partial charge < -0.3 is 10.4 Å². The van der Waals surface area contributed by atoms with Crippen LogP contribution >= 0.6 is 0 Å². The molecule has 5 rings (SSSR count). The second kappa shape index (κ2) is 6.39. The zero-order valence-corrected chi connectivity index (χ0v) is 15.0. The van der Waals surface area contributed by atoms with Crippen molar-refractivity contribution >= 4 is 43.9 Å². The van der Waals surface area contributed by atoms with Crippen molar-refractivity contribution in [1.29, 1.82) is 0 Å². The molecule has 0 aliphatic heterocycles. The molecule has 0 radical (unpaired) electrons. The zero-order chi connectivity index (χ0) is 19.1. The fraction of sp³-hybridized carbons (Fsp3) is 0. The van der Waals surface area contributed by atoms with Gasteiger partial charge in [0, 0.05) is 5.69 Å². The lowest BCUT2D eigenvalue weighted by Crippen LogP contribution is -2.12. The van der Waals surface area contributed by atoms with Crippen LogP contribution in [0.15, 0.2) is 91.0 Å². The molecule has 0 aliphatic rings. The van der Waals surface area contributed by atoms with E-state index in [1.165, 1.54) is 5.39 Å². The third-order valence-electron chi connectivity index (χ3n) is 5.07.